The van der Waals surface area contributed by atoms with Gasteiger partial charge < -0.3 is 4.57 Å². The molecule has 1 aliphatic carbocycles. The first kappa shape index (κ1) is 22.5. The lowest BCUT2D eigenvalue weighted by Crippen LogP contribution is -2.37. The van der Waals surface area contributed by atoms with Gasteiger partial charge in [-0.05, 0) is 38.3 Å². The average molecular weight is 364 g/mol. The predicted octanol–water partition coefficient (Wildman–Crippen LogP) is 7.45. The van der Waals surface area contributed by atoms with Gasteiger partial charge in [0.1, 0.15) is 8.96 Å². The number of rotatable bonds is 13. The Bertz CT molecular complexity index is 447. The maximum atomic E-state index is 2.82. The lowest BCUT2D eigenvalue weighted by atomic mass is 10.0. The van der Waals surface area contributed by atoms with Gasteiger partial charge in [0.25, 0.3) is 0 Å². The Morgan fingerprint density at radius 3 is 1.64 bits per heavy atom. The Morgan fingerprint density at radius 2 is 1.24 bits per heavy atom. The molecule has 1 rings (SSSR count). The smallest absolute Gasteiger partial charge is 0.134 e. The molecule has 0 bridgehead atoms. The van der Waals surface area contributed by atoms with Crippen LogP contribution >= 0.6 is 0 Å². The maximum Gasteiger partial charge on any atom is 0.134 e. The van der Waals surface area contributed by atoms with Crippen LogP contribution in [0.25, 0.3) is 0 Å². The van der Waals surface area contributed by atoms with Crippen LogP contribution in [-0.4, -0.2) is 20.1 Å². The summed E-state index contributed by atoms with van der Waals surface area (Å²) in [6.45, 7) is 18.0. The fraction of sp³-hybridized carbons (Fsp3) is 0.826. The maximum absolute atomic E-state index is 2.82. The highest BCUT2D eigenvalue weighted by atomic mass is 28.3. The van der Waals surface area contributed by atoms with Crippen molar-refractivity contribution in [1.82, 2.24) is 4.57 Å². The van der Waals surface area contributed by atoms with Crippen LogP contribution in [0.3, 0.4) is 0 Å². The minimum atomic E-state index is -0.803. The zero-order chi connectivity index (χ0) is 18.8. The molecule has 1 unspecified atom stereocenters. The van der Waals surface area contributed by atoms with Crippen LogP contribution in [0.5, 0.6) is 0 Å². The summed E-state index contributed by atoms with van der Waals surface area (Å²) in [6, 6.07) is 0. The van der Waals surface area contributed by atoms with Crippen LogP contribution in [0.1, 0.15) is 98.8 Å². The second kappa shape index (κ2) is 12.0. The van der Waals surface area contributed by atoms with Crippen molar-refractivity contribution in [2.45, 2.75) is 112 Å². The molecule has 0 aromatic rings. The summed E-state index contributed by atoms with van der Waals surface area (Å²) in [6.07, 6.45) is 14.3. The van der Waals surface area contributed by atoms with Gasteiger partial charge in [0, 0.05) is 18.2 Å². The molecule has 2 heteroatoms. The van der Waals surface area contributed by atoms with Gasteiger partial charge in [-0.2, -0.15) is 0 Å². The van der Waals surface area contributed by atoms with Crippen LogP contribution in [0, 0.1) is 5.92 Å². The van der Waals surface area contributed by atoms with Gasteiger partial charge in [0.2, 0.25) is 0 Å². The molecule has 0 aromatic carbocycles. The summed E-state index contributed by atoms with van der Waals surface area (Å²) >= 11 is 0. The van der Waals surface area contributed by atoms with E-state index in [1.54, 1.807) is 22.4 Å². The third-order valence-electron chi connectivity index (χ3n) is 6.28. The van der Waals surface area contributed by atoms with E-state index in [4.69, 9.17) is 0 Å². The molecule has 0 fully saturated rings. The van der Waals surface area contributed by atoms with Crippen molar-refractivity contribution in [3.05, 3.63) is 22.4 Å². The quantitative estimate of drug-likeness (QED) is 0.242. The standard InChI is InChI=1S/C23H45NSi/c1-8-9-10-11-12-13-14-15-16-17-18-24(25(6)7)23-21(4)19(2)20(3)22(23)5/h21,25H,8-18H2,1-7H3. The molecule has 1 aliphatic rings. The fourth-order valence-corrected chi connectivity index (χ4v) is 5.91. The van der Waals surface area contributed by atoms with E-state index in [9.17, 15) is 0 Å². The van der Waals surface area contributed by atoms with Gasteiger partial charge in [-0.15, -0.1) is 0 Å². The molecule has 0 radical (unpaired) electrons. The zero-order valence-corrected chi connectivity index (χ0v) is 19.5. The zero-order valence-electron chi connectivity index (χ0n) is 18.4. The van der Waals surface area contributed by atoms with Crippen molar-refractivity contribution >= 4 is 8.96 Å². The highest BCUT2D eigenvalue weighted by molar-refractivity contribution is 6.53. The normalized spacial score (nSPS) is 18.0. The van der Waals surface area contributed by atoms with Gasteiger partial charge in [0.15, 0.2) is 0 Å². The first-order chi connectivity index (χ1) is 11.9. The van der Waals surface area contributed by atoms with Crippen molar-refractivity contribution in [1.29, 1.82) is 0 Å². The Labute approximate surface area is 160 Å². The lowest BCUT2D eigenvalue weighted by Gasteiger charge is -2.34. The molecule has 1 nitrogen and oxygen atoms in total. The van der Waals surface area contributed by atoms with Crippen LogP contribution in [0.4, 0.5) is 0 Å². The SMILES string of the molecule is CCCCCCCCCCCCN(C1=C(C)C(C)=C(C)C1C)[SiH](C)C. The lowest BCUT2D eigenvalue weighted by molar-refractivity contribution is 0.448. The topological polar surface area (TPSA) is 3.24 Å². The van der Waals surface area contributed by atoms with E-state index in [-0.39, 0.29) is 0 Å². The molecule has 0 aromatic heterocycles. The molecule has 0 heterocycles. The number of unbranched alkanes of at least 4 members (excludes halogenated alkanes) is 9. The molecular formula is C23H45NSi. The average Bonchev–Trinajstić information content (AvgIpc) is 2.77. The Kier molecular flexibility index (Phi) is 10.8. The Morgan fingerprint density at radius 1 is 0.760 bits per heavy atom. The van der Waals surface area contributed by atoms with Gasteiger partial charge in [-0.1, -0.05) is 90.3 Å². The van der Waals surface area contributed by atoms with E-state index >= 15 is 0 Å². The van der Waals surface area contributed by atoms with Crippen molar-refractivity contribution in [2.24, 2.45) is 5.92 Å². The second-order valence-electron chi connectivity index (χ2n) is 8.51. The summed E-state index contributed by atoms with van der Waals surface area (Å²) in [5.41, 5.74) is 6.37. The first-order valence-electron chi connectivity index (χ1n) is 11.1. The van der Waals surface area contributed by atoms with E-state index in [0.29, 0.717) is 5.92 Å². The van der Waals surface area contributed by atoms with Gasteiger partial charge in [-0.3, -0.25) is 0 Å². The molecule has 0 N–H and O–H groups in total. The van der Waals surface area contributed by atoms with E-state index in [1.807, 2.05) is 0 Å². The molecule has 0 saturated carbocycles. The minimum Gasteiger partial charge on any atom is -0.403 e. The Hall–Kier alpha value is -0.503. The number of hydrogen-bond acceptors (Lipinski definition) is 1. The van der Waals surface area contributed by atoms with Crippen LogP contribution in [0.2, 0.25) is 13.1 Å². The van der Waals surface area contributed by atoms with E-state index in [0.717, 1.165) is 0 Å². The molecule has 25 heavy (non-hydrogen) atoms. The van der Waals surface area contributed by atoms with E-state index in [1.165, 1.54) is 70.8 Å². The molecule has 146 valence electrons. The third-order valence-corrected chi connectivity index (χ3v) is 8.07. The first-order valence-corrected chi connectivity index (χ1v) is 13.9. The molecule has 0 amide bonds. The summed E-state index contributed by atoms with van der Waals surface area (Å²) in [5, 5.41) is 0. The van der Waals surface area contributed by atoms with Gasteiger partial charge in [-0.25, -0.2) is 0 Å². The van der Waals surface area contributed by atoms with Crippen molar-refractivity contribution < 1.29 is 0 Å². The third kappa shape index (κ3) is 6.96. The van der Waals surface area contributed by atoms with Gasteiger partial charge >= 0.3 is 0 Å². The Balaban J connectivity index is 2.30. The summed E-state index contributed by atoms with van der Waals surface area (Å²) < 4.78 is 2.82. The van der Waals surface area contributed by atoms with Crippen LogP contribution < -0.4 is 0 Å². The highest BCUT2D eigenvalue weighted by Crippen LogP contribution is 2.38. The summed E-state index contributed by atoms with van der Waals surface area (Å²) in [5.74, 6) is 0.637. The summed E-state index contributed by atoms with van der Waals surface area (Å²) in [4.78, 5) is 0. The number of hydrogen-bond donors (Lipinski definition) is 0. The minimum absolute atomic E-state index is 0.637. The predicted molar refractivity (Wildman–Crippen MR) is 118 cm³/mol. The molecule has 0 saturated heterocycles. The number of allylic oxidation sites excluding steroid dienone is 3. The molecular weight excluding hydrogens is 318 g/mol. The van der Waals surface area contributed by atoms with Crippen molar-refractivity contribution in [3.8, 4) is 0 Å². The second-order valence-corrected chi connectivity index (χ2v) is 11.3. The molecule has 0 spiro atoms. The fourth-order valence-electron chi connectivity index (χ4n) is 4.23. The highest BCUT2D eigenvalue weighted by Gasteiger charge is 2.28. The van der Waals surface area contributed by atoms with Crippen molar-refractivity contribution in [2.75, 3.05) is 6.54 Å². The van der Waals surface area contributed by atoms with E-state index in [2.05, 4.69) is 52.3 Å². The van der Waals surface area contributed by atoms with Crippen LogP contribution in [-0.2, 0) is 0 Å². The van der Waals surface area contributed by atoms with E-state index < -0.39 is 8.96 Å². The molecule has 1 atom stereocenters. The van der Waals surface area contributed by atoms with Crippen molar-refractivity contribution in [3.63, 3.8) is 0 Å². The number of nitrogens with zero attached hydrogens (tertiary/aromatic N) is 1. The molecule has 0 aliphatic heterocycles. The monoisotopic (exact) mass is 363 g/mol. The van der Waals surface area contributed by atoms with Crippen LogP contribution in [0.15, 0.2) is 22.4 Å². The summed E-state index contributed by atoms with van der Waals surface area (Å²) in [7, 11) is -0.803. The van der Waals surface area contributed by atoms with Gasteiger partial charge in [0.05, 0.1) is 0 Å². The largest absolute Gasteiger partial charge is 0.403 e.